The minimum Gasteiger partial charge on any atom is -0.373 e. The highest BCUT2D eigenvalue weighted by molar-refractivity contribution is 6.34. The molecule has 2 unspecified atom stereocenters. The first kappa shape index (κ1) is 19.8. The highest BCUT2D eigenvalue weighted by atomic mass is 35.5. The van der Waals surface area contributed by atoms with Crippen molar-refractivity contribution in [1.29, 1.82) is 0 Å². The Hall–Kier alpha value is -1.91. The lowest BCUT2D eigenvalue weighted by atomic mass is 9.71. The van der Waals surface area contributed by atoms with Crippen molar-refractivity contribution in [2.45, 2.75) is 52.7 Å². The molecule has 1 aliphatic rings. The van der Waals surface area contributed by atoms with Gasteiger partial charge in [0, 0.05) is 17.7 Å². The van der Waals surface area contributed by atoms with Crippen LogP contribution in [0.1, 0.15) is 55.5 Å². The van der Waals surface area contributed by atoms with Gasteiger partial charge in [-0.15, -0.1) is 0 Å². The second kappa shape index (κ2) is 7.99. The molecular formula is C22H27ClN2O2. The highest BCUT2D eigenvalue weighted by Gasteiger charge is 2.32. The molecule has 0 bridgehead atoms. The van der Waals surface area contributed by atoms with Crippen LogP contribution in [0.15, 0.2) is 36.5 Å². The first-order valence-electron chi connectivity index (χ1n) is 9.47. The summed E-state index contributed by atoms with van der Waals surface area (Å²) in [6.07, 6.45) is 4.97. The summed E-state index contributed by atoms with van der Waals surface area (Å²) < 4.78 is 0. The summed E-state index contributed by atoms with van der Waals surface area (Å²) in [4.78, 5) is 17.1. The number of rotatable bonds is 4. The van der Waals surface area contributed by atoms with Crippen LogP contribution in [0.25, 0.3) is 11.3 Å². The fraction of sp³-hybridized carbons (Fsp3) is 0.455. The lowest BCUT2D eigenvalue weighted by molar-refractivity contribution is 0.0232. The maximum atomic E-state index is 12.7. The molecule has 1 amide bonds. The first-order valence-corrected chi connectivity index (χ1v) is 9.84. The van der Waals surface area contributed by atoms with Gasteiger partial charge < -0.3 is 10.4 Å². The van der Waals surface area contributed by atoms with Crippen molar-refractivity contribution in [2.75, 3.05) is 0 Å². The Bertz CT molecular complexity index is 818. The highest BCUT2D eigenvalue weighted by Crippen LogP contribution is 2.39. The van der Waals surface area contributed by atoms with E-state index in [4.69, 9.17) is 11.6 Å². The zero-order valence-corrected chi connectivity index (χ0v) is 16.9. The molecular weight excluding hydrogens is 360 g/mol. The van der Waals surface area contributed by atoms with Gasteiger partial charge in [-0.05, 0) is 55.4 Å². The van der Waals surface area contributed by atoms with E-state index >= 15 is 0 Å². The maximum absolute atomic E-state index is 12.7. The number of aliphatic hydroxyl groups is 1. The van der Waals surface area contributed by atoms with Crippen LogP contribution < -0.4 is 5.32 Å². The molecule has 3 rings (SSSR count). The Morgan fingerprint density at radius 1 is 1.33 bits per heavy atom. The predicted molar refractivity (Wildman–Crippen MR) is 109 cm³/mol. The predicted octanol–water partition coefficient (Wildman–Crippen LogP) is 4.98. The first-order chi connectivity index (χ1) is 12.7. The lowest BCUT2D eigenvalue weighted by Crippen LogP contribution is -2.43. The van der Waals surface area contributed by atoms with Crippen LogP contribution in [0.3, 0.4) is 0 Å². The molecule has 144 valence electrons. The van der Waals surface area contributed by atoms with E-state index in [0.717, 1.165) is 42.5 Å². The van der Waals surface area contributed by atoms with E-state index < -0.39 is 6.23 Å². The molecule has 2 aromatic rings. The molecule has 1 aromatic carbocycles. The summed E-state index contributed by atoms with van der Waals surface area (Å²) in [5.41, 5.74) is 3.22. The fourth-order valence-corrected chi connectivity index (χ4v) is 4.06. The van der Waals surface area contributed by atoms with Crippen molar-refractivity contribution in [3.63, 3.8) is 0 Å². The lowest BCUT2D eigenvalue weighted by Gasteiger charge is -2.37. The molecule has 1 aromatic heterocycles. The molecule has 0 spiro atoms. The molecule has 0 aliphatic heterocycles. The smallest absolute Gasteiger partial charge is 0.254 e. The minimum atomic E-state index is -0.866. The maximum Gasteiger partial charge on any atom is 0.254 e. The van der Waals surface area contributed by atoms with Crippen LogP contribution in [0.5, 0.6) is 0 Å². The minimum absolute atomic E-state index is 0.0680. The Morgan fingerprint density at radius 3 is 2.78 bits per heavy atom. The van der Waals surface area contributed by atoms with Gasteiger partial charge in [-0.2, -0.15) is 0 Å². The Morgan fingerprint density at radius 2 is 2.11 bits per heavy atom. The Labute approximate surface area is 166 Å². The Kier molecular flexibility index (Phi) is 5.87. The van der Waals surface area contributed by atoms with Gasteiger partial charge in [0.1, 0.15) is 6.23 Å². The van der Waals surface area contributed by atoms with Crippen LogP contribution in [0.2, 0.25) is 5.02 Å². The zero-order valence-electron chi connectivity index (χ0n) is 16.1. The average Bonchev–Trinajstić information content (AvgIpc) is 2.62. The molecule has 4 nitrogen and oxygen atoms in total. The van der Waals surface area contributed by atoms with Gasteiger partial charge in [-0.25, -0.2) is 0 Å². The summed E-state index contributed by atoms with van der Waals surface area (Å²) in [6, 6.07) is 9.16. The molecule has 0 radical (unpaired) electrons. The quantitative estimate of drug-likeness (QED) is 0.729. The molecule has 1 heterocycles. The number of carbonyl (C=O) groups excluding carboxylic acids is 1. The number of pyridine rings is 1. The number of benzene rings is 1. The fourth-order valence-electron chi connectivity index (χ4n) is 3.85. The third kappa shape index (κ3) is 4.88. The number of carbonyl (C=O) groups is 1. The van der Waals surface area contributed by atoms with Crippen LogP contribution in [0, 0.1) is 18.3 Å². The summed E-state index contributed by atoms with van der Waals surface area (Å²) in [5, 5.41) is 13.7. The van der Waals surface area contributed by atoms with E-state index in [-0.39, 0.29) is 17.2 Å². The van der Waals surface area contributed by atoms with Crippen molar-refractivity contribution in [3.05, 3.63) is 52.7 Å². The summed E-state index contributed by atoms with van der Waals surface area (Å²) in [5.74, 6) is -0.289. The molecule has 5 heteroatoms. The van der Waals surface area contributed by atoms with E-state index in [1.165, 1.54) is 0 Å². The number of aromatic nitrogens is 1. The number of aliphatic hydroxyl groups excluding tert-OH is 1. The van der Waals surface area contributed by atoms with Crippen molar-refractivity contribution < 1.29 is 9.90 Å². The summed E-state index contributed by atoms with van der Waals surface area (Å²) in [6.45, 7) is 6.40. The monoisotopic (exact) mass is 386 g/mol. The molecule has 27 heavy (non-hydrogen) atoms. The van der Waals surface area contributed by atoms with Crippen LogP contribution >= 0.6 is 11.6 Å². The molecule has 2 atom stereocenters. The van der Waals surface area contributed by atoms with E-state index in [1.54, 1.807) is 18.3 Å². The topological polar surface area (TPSA) is 62.2 Å². The standard InChI is InChI=1S/C22H27ClN2O2/c1-14-6-9-19(24-13-14)15-7-8-18(23)17(11-15)21(27)25-20(26)16-5-4-10-22(2,3)12-16/h6-9,11,13,16,20,26H,4-5,10,12H2,1-3H3,(H,25,27). The van der Waals surface area contributed by atoms with Crippen LogP contribution in [0.4, 0.5) is 0 Å². The van der Waals surface area contributed by atoms with E-state index in [1.807, 2.05) is 25.1 Å². The van der Waals surface area contributed by atoms with Gasteiger partial charge in [0.2, 0.25) is 0 Å². The van der Waals surface area contributed by atoms with Gasteiger partial charge in [0.05, 0.1) is 16.3 Å². The van der Waals surface area contributed by atoms with Gasteiger partial charge in [-0.1, -0.05) is 44.0 Å². The number of hydrogen-bond donors (Lipinski definition) is 2. The second-order valence-corrected chi connectivity index (χ2v) is 8.76. The van der Waals surface area contributed by atoms with E-state index in [9.17, 15) is 9.90 Å². The van der Waals surface area contributed by atoms with Crippen molar-refractivity contribution in [3.8, 4) is 11.3 Å². The van der Waals surface area contributed by atoms with E-state index in [0.29, 0.717) is 10.6 Å². The summed E-state index contributed by atoms with van der Waals surface area (Å²) >= 11 is 6.26. The number of halogens is 1. The largest absolute Gasteiger partial charge is 0.373 e. The van der Waals surface area contributed by atoms with Crippen LogP contribution in [-0.4, -0.2) is 22.2 Å². The van der Waals surface area contributed by atoms with Crippen molar-refractivity contribution in [1.82, 2.24) is 10.3 Å². The normalized spacial score (nSPS) is 20.1. The molecule has 1 saturated carbocycles. The van der Waals surface area contributed by atoms with Crippen molar-refractivity contribution >= 4 is 17.5 Å². The summed E-state index contributed by atoms with van der Waals surface area (Å²) in [7, 11) is 0. The number of nitrogens with zero attached hydrogens (tertiary/aromatic N) is 1. The van der Waals surface area contributed by atoms with Crippen molar-refractivity contribution in [2.24, 2.45) is 11.3 Å². The molecule has 0 saturated heterocycles. The van der Waals surface area contributed by atoms with Gasteiger partial charge in [0.15, 0.2) is 0 Å². The zero-order chi connectivity index (χ0) is 19.6. The molecule has 1 aliphatic carbocycles. The number of aryl methyl sites for hydroxylation is 1. The van der Waals surface area contributed by atoms with Crippen LogP contribution in [-0.2, 0) is 0 Å². The number of hydrogen-bond acceptors (Lipinski definition) is 3. The number of nitrogens with one attached hydrogen (secondary N) is 1. The molecule has 1 fully saturated rings. The SMILES string of the molecule is Cc1ccc(-c2ccc(Cl)c(C(=O)NC(O)C3CCCC(C)(C)C3)c2)nc1. The van der Waals surface area contributed by atoms with E-state index in [2.05, 4.69) is 24.1 Å². The third-order valence-electron chi connectivity index (χ3n) is 5.39. The van der Waals surface area contributed by atoms with Gasteiger partial charge >= 0.3 is 0 Å². The number of amides is 1. The second-order valence-electron chi connectivity index (χ2n) is 8.35. The Balaban J connectivity index is 1.76. The average molecular weight is 387 g/mol. The third-order valence-corrected chi connectivity index (χ3v) is 5.72. The molecule has 2 N–H and O–H groups in total. The van der Waals surface area contributed by atoms with Gasteiger partial charge in [0.25, 0.3) is 5.91 Å². The van der Waals surface area contributed by atoms with Gasteiger partial charge in [-0.3, -0.25) is 9.78 Å².